The lowest BCUT2D eigenvalue weighted by molar-refractivity contribution is 0.497. The van der Waals surface area contributed by atoms with Crippen molar-refractivity contribution in [2.45, 2.75) is 38.5 Å². The lowest BCUT2D eigenvalue weighted by Gasteiger charge is -2.33. The molecule has 0 aromatic carbocycles. The van der Waals surface area contributed by atoms with Crippen LogP contribution in [-0.4, -0.2) is 46.3 Å². The highest BCUT2D eigenvalue weighted by atomic mass is 15.3. The number of nitrogens with one attached hydrogen (secondary N) is 1. The third-order valence-electron chi connectivity index (χ3n) is 4.93. The summed E-state index contributed by atoms with van der Waals surface area (Å²) in [5, 5.41) is 7.23. The molecule has 122 valence electrons. The van der Waals surface area contributed by atoms with Crippen LogP contribution in [0, 0.1) is 6.92 Å². The van der Waals surface area contributed by atoms with Crippen molar-refractivity contribution in [3.8, 4) is 0 Å². The molecular weight excluding hydrogens is 288 g/mol. The van der Waals surface area contributed by atoms with Crippen LogP contribution in [0.3, 0.4) is 0 Å². The van der Waals surface area contributed by atoms with Gasteiger partial charge in [-0.15, -0.1) is 0 Å². The minimum Gasteiger partial charge on any atom is -0.356 e. The molecule has 2 fully saturated rings. The summed E-state index contributed by atoms with van der Waals surface area (Å²) in [6.07, 6.45) is 6.73. The number of anilines is 2. The molecule has 1 unspecified atom stereocenters. The number of aromatic amines is 1. The van der Waals surface area contributed by atoms with E-state index in [9.17, 15) is 0 Å². The van der Waals surface area contributed by atoms with Gasteiger partial charge in [-0.3, -0.25) is 5.10 Å². The number of nitrogens with zero attached hydrogens (tertiary/aromatic N) is 5. The number of H-pyrrole nitrogens is 1. The minimum atomic E-state index is 0.511. The van der Waals surface area contributed by atoms with Crippen molar-refractivity contribution >= 4 is 11.8 Å². The Balaban J connectivity index is 1.56. The van der Waals surface area contributed by atoms with Crippen LogP contribution < -0.4 is 9.80 Å². The van der Waals surface area contributed by atoms with Crippen LogP contribution in [0.15, 0.2) is 18.3 Å². The van der Waals surface area contributed by atoms with E-state index >= 15 is 0 Å². The lowest BCUT2D eigenvalue weighted by atomic mass is 9.95. The summed E-state index contributed by atoms with van der Waals surface area (Å²) >= 11 is 0. The molecule has 0 bridgehead atoms. The third-order valence-corrected chi connectivity index (χ3v) is 4.93. The highest BCUT2D eigenvalue weighted by Gasteiger charge is 2.24. The average molecular weight is 312 g/mol. The Bertz CT molecular complexity index is 647. The zero-order valence-electron chi connectivity index (χ0n) is 13.7. The van der Waals surface area contributed by atoms with E-state index in [1.807, 2.05) is 6.20 Å². The van der Waals surface area contributed by atoms with Crippen molar-refractivity contribution in [2.24, 2.45) is 0 Å². The predicted octanol–water partition coefficient (Wildman–Crippen LogP) is 2.49. The zero-order valence-corrected chi connectivity index (χ0v) is 13.7. The predicted molar refractivity (Wildman–Crippen MR) is 91.0 cm³/mol. The minimum absolute atomic E-state index is 0.511. The SMILES string of the molecule is Cc1cc(N2CCCC(c3ccn[nH]3)C2)nc(N2CCCC2)n1. The molecular formula is C17H24N6. The van der Waals surface area contributed by atoms with Gasteiger partial charge in [0, 0.05) is 55.7 Å². The Kier molecular flexibility index (Phi) is 3.89. The van der Waals surface area contributed by atoms with Crippen molar-refractivity contribution in [3.63, 3.8) is 0 Å². The van der Waals surface area contributed by atoms with Gasteiger partial charge < -0.3 is 9.80 Å². The van der Waals surface area contributed by atoms with Gasteiger partial charge in [0.05, 0.1) is 0 Å². The van der Waals surface area contributed by atoms with Crippen LogP contribution in [0.1, 0.15) is 43.0 Å². The molecule has 2 aromatic heterocycles. The highest BCUT2D eigenvalue weighted by molar-refractivity contribution is 5.47. The topological polar surface area (TPSA) is 60.9 Å². The summed E-state index contributed by atoms with van der Waals surface area (Å²) in [5.74, 6) is 2.49. The summed E-state index contributed by atoms with van der Waals surface area (Å²) < 4.78 is 0. The van der Waals surface area contributed by atoms with Crippen molar-refractivity contribution in [3.05, 3.63) is 29.7 Å². The van der Waals surface area contributed by atoms with E-state index in [4.69, 9.17) is 4.98 Å². The zero-order chi connectivity index (χ0) is 15.6. The van der Waals surface area contributed by atoms with Gasteiger partial charge in [0.2, 0.25) is 5.95 Å². The summed E-state index contributed by atoms with van der Waals surface area (Å²) in [6, 6.07) is 4.21. The van der Waals surface area contributed by atoms with Crippen molar-refractivity contribution in [2.75, 3.05) is 36.0 Å². The van der Waals surface area contributed by atoms with Crippen molar-refractivity contribution in [1.29, 1.82) is 0 Å². The molecule has 0 spiro atoms. The molecule has 1 N–H and O–H groups in total. The van der Waals surface area contributed by atoms with E-state index < -0.39 is 0 Å². The fraction of sp³-hybridized carbons (Fsp3) is 0.588. The Hall–Kier alpha value is -2.11. The first-order valence-electron chi connectivity index (χ1n) is 8.64. The maximum Gasteiger partial charge on any atom is 0.227 e. The molecule has 2 aliphatic heterocycles. The number of piperidine rings is 1. The Morgan fingerprint density at radius 1 is 1.09 bits per heavy atom. The molecule has 0 saturated carbocycles. The van der Waals surface area contributed by atoms with Gasteiger partial charge in [0.25, 0.3) is 0 Å². The normalized spacial score (nSPS) is 21.9. The first kappa shape index (κ1) is 14.5. The van der Waals surface area contributed by atoms with Gasteiger partial charge in [-0.25, -0.2) is 4.98 Å². The van der Waals surface area contributed by atoms with Crippen LogP contribution in [0.5, 0.6) is 0 Å². The van der Waals surface area contributed by atoms with Gasteiger partial charge in [-0.2, -0.15) is 10.1 Å². The molecule has 4 heterocycles. The second-order valence-electron chi connectivity index (χ2n) is 6.66. The van der Waals surface area contributed by atoms with Crippen LogP contribution in [0.2, 0.25) is 0 Å². The second-order valence-corrected chi connectivity index (χ2v) is 6.66. The van der Waals surface area contributed by atoms with Crippen LogP contribution in [0.25, 0.3) is 0 Å². The number of hydrogen-bond acceptors (Lipinski definition) is 5. The van der Waals surface area contributed by atoms with E-state index in [0.717, 1.165) is 43.6 Å². The van der Waals surface area contributed by atoms with E-state index in [-0.39, 0.29) is 0 Å². The maximum absolute atomic E-state index is 4.87. The standard InChI is InChI=1S/C17H24N6/c1-13-11-16(20-17(19-13)22-8-2-3-9-22)23-10-4-5-14(12-23)15-6-7-18-21-15/h6-7,11,14H,2-5,8-10,12H2,1H3,(H,18,21). The maximum atomic E-state index is 4.87. The molecule has 0 aliphatic carbocycles. The molecule has 6 nitrogen and oxygen atoms in total. The Labute approximate surface area is 136 Å². The first-order chi connectivity index (χ1) is 11.3. The fourth-order valence-corrected chi connectivity index (χ4v) is 3.69. The molecule has 2 aliphatic rings. The lowest BCUT2D eigenvalue weighted by Crippen LogP contribution is -2.35. The summed E-state index contributed by atoms with van der Waals surface area (Å²) in [4.78, 5) is 14.2. The van der Waals surface area contributed by atoms with E-state index in [1.165, 1.54) is 31.4 Å². The summed E-state index contributed by atoms with van der Waals surface area (Å²) in [5.41, 5.74) is 2.29. The van der Waals surface area contributed by atoms with Gasteiger partial charge in [0.1, 0.15) is 5.82 Å². The average Bonchev–Trinajstić information content (AvgIpc) is 3.28. The number of aryl methyl sites for hydroxylation is 1. The molecule has 1 atom stereocenters. The molecule has 0 amide bonds. The molecule has 2 aromatic rings. The molecule has 4 rings (SSSR count). The summed E-state index contributed by atoms with van der Waals surface area (Å²) in [7, 11) is 0. The van der Waals surface area contributed by atoms with Crippen molar-refractivity contribution in [1.82, 2.24) is 20.2 Å². The third kappa shape index (κ3) is 3.02. The summed E-state index contributed by atoms with van der Waals surface area (Å²) in [6.45, 7) is 6.30. The van der Waals surface area contributed by atoms with Gasteiger partial charge in [-0.05, 0) is 38.7 Å². The van der Waals surface area contributed by atoms with Crippen LogP contribution in [-0.2, 0) is 0 Å². The number of aromatic nitrogens is 4. The Morgan fingerprint density at radius 2 is 1.91 bits per heavy atom. The van der Waals surface area contributed by atoms with E-state index in [1.54, 1.807) is 0 Å². The number of hydrogen-bond donors (Lipinski definition) is 1. The second kappa shape index (κ2) is 6.18. The largest absolute Gasteiger partial charge is 0.356 e. The fourth-order valence-electron chi connectivity index (χ4n) is 3.69. The van der Waals surface area contributed by atoms with E-state index in [0.29, 0.717) is 5.92 Å². The Morgan fingerprint density at radius 3 is 2.70 bits per heavy atom. The van der Waals surface area contributed by atoms with Gasteiger partial charge in [-0.1, -0.05) is 0 Å². The van der Waals surface area contributed by atoms with Crippen LogP contribution in [0.4, 0.5) is 11.8 Å². The quantitative estimate of drug-likeness (QED) is 0.943. The number of rotatable bonds is 3. The molecule has 23 heavy (non-hydrogen) atoms. The van der Waals surface area contributed by atoms with Gasteiger partial charge >= 0.3 is 0 Å². The van der Waals surface area contributed by atoms with Crippen LogP contribution >= 0.6 is 0 Å². The monoisotopic (exact) mass is 312 g/mol. The molecule has 0 radical (unpaired) electrons. The smallest absolute Gasteiger partial charge is 0.227 e. The highest BCUT2D eigenvalue weighted by Crippen LogP contribution is 2.29. The first-order valence-corrected chi connectivity index (χ1v) is 8.64. The van der Waals surface area contributed by atoms with Crippen molar-refractivity contribution < 1.29 is 0 Å². The van der Waals surface area contributed by atoms with E-state index in [2.05, 4.69) is 44.0 Å². The molecule has 6 heteroatoms. The van der Waals surface area contributed by atoms with Gasteiger partial charge in [0.15, 0.2) is 0 Å². The molecule has 2 saturated heterocycles.